The van der Waals surface area contributed by atoms with Crippen molar-refractivity contribution in [2.45, 2.75) is 20.3 Å². The van der Waals surface area contributed by atoms with Crippen molar-refractivity contribution >= 4 is 77.2 Å². The van der Waals surface area contributed by atoms with Gasteiger partial charge in [-0.1, -0.05) is 67.8 Å². The normalized spacial score (nSPS) is 16.4. The summed E-state index contributed by atoms with van der Waals surface area (Å²) in [5, 5.41) is 14.2. The van der Waals surface area contributed by atoms with E-state index in [1.807, 2.05) is 68.4 Å². The molecule has 3 N–H and O–H groups in total. The molecule has 2 aliphatic heterocycles. The minimum atomic E-state index is -0.167. The number of allylic oxidation sites excluding steroid dienone is 2. The number of aromatic hydroxyl groups is 1. The Morgan fingerprint density at radius 3 is 2.23 bits per heavy atom. The van der Waals surface area contributed by atoms with Crippen molar-refractivity contribution in [3.63, 3.8) is 0 Å². The first-order valence-electron chi connectivity index (χ1n) is 13.8. The number of hydrogen-bond donors (Lipinski definition) is 3. The molecule has 0 fully saturated rings. The number of hydrogen-bond acceptors (Lipinski definition) is 6. The molecule has 1 aromatic heterocycles. The Morgan fingerprint density at radius 1 is 0.750 bits per heavy atom. The van der Waals surface area contributed by atoms with Crippen molar-refractivity contribution in [1.29, 1.82) is 0 Å². The number of H-pyrrole nitrogens is 1. The molecule has 216 valence electrons. The van der Waals surface area contributed by atoms with Gasteiger partial charge in [0.05, 0.1) is 22.6 Å². The average Bonchev–Trinajstić information content (AvgIpc) is 3.68. The Labute approximate surface area is 269 Å². The highest BCUT2D eigenvalue weighted by molar-refractivity contribution is 9.10. The van der Waals surface area contributed by atoms with Gasteiger partial charge in [-0.25, -0.2) is 4.99 Å². The van der Waals surface area contributed by atoms with Gasteiger partial charge in [0.1, 0.15) is 5.71 Å². The molecule has 3 heterocycles. The first-order chi connectivity index (χ1) is 21.1. The van der Waals surface area contributed by atoms with E-state index >= 15 is 0 Å². The first-order valence-corrected chi connectivity index (χ1v) is 15.4. The number of ketones is 3. The zero-order valence-electron chi connectivity index (χ0n) is 23.5. The van der Waals surface area contributed by atoms with Crippen molar-refractivity contribution in [1.82, 2.24) is 4.98 Å². The highest BCUT2D eigenvalue weighted by Crippen LogP contribution is 2.38. The average molecular weight is 709 g/mol. The van der Waals surface area contributed by atoms with Crippen molar-refractivity contribution in [2.75, 3.05) is 5.32 Å². The molecule has 0 radical (unpaired) electrons. The number of halogens is 2. The molecule has 8 rings (SSSR count). The third-order valence-corrected chi connectivity index (χ3v) is 8.97. The third-order valence-electron chi connectivity index (χ3n) is 7.98. The summed E-state index contributed by atoms with van der Waals surface area (Å²) in [6, 6.07) is 22.4. The van der Waals surface area contributed by atoms with Crippen LogP contribution in [0.3, 0.4) is 0 Å². The number of aryl methyl sites for hydroxylation is 2. The van der Waals surface area contributed by atoms with Crippen LogP contribution in [-0.2, 0) is 6.42 Å². The lowest BCUT2D eigenvalue weighted by Crippen LogP contribution is -2.10. The van der Waals surface area contributed by atoms with Crippen LogP contribution in [0.1, 0.15) is 53.3 Å². The number of aromatic nitrogens is 1. The maximum Gasteiger partial charge on any atom is 0.214 e. The molecule has 5 aromatic rings. The second-order valence-electron chi connectivity index (χ2n) is 11.0. The number of benzene rings is 4. The van der Waals surface area contributed by atoms with E-state index in [4.69, 9.17) is 0 Å². The van der Waals surface area contributed by atoms with Gasteiger partial charge in [-0.15, -0.1) is 0 Å². The molecule has 3 aliphatic rings. The van der Waals surface area contributed by atoms with Gasteiger partial charge in [0.25, 0.3) is 0 Å². The van der Waals surface area contributed by atoms with Crippen molar-refractivity contribution in [3.05, 3.63) is 132 Å². The number of aliphatic imine (C=N–C) groups is 1. The van der Waals surface area contributed by atoms with Crippen LogP contribution in [0.25, 0.3) is 10.9 Å². The Balaban J connectivity index is 0.000000142. The SMILES string of the molecule is Cc1ccc2c(C3=Nc4cc(Br)ccc4C3=O)c(O)[nH]c2c1.Cc1ccc2c(c1)C/C(=C1/Nc3cc(Br)ccc3C1=O)C2=O. The summed E-state index contributed by atoms with van der Waals surface area (Å²) < 4.78 is 1.76. The molecule has 4 aromatic carbocycles. The van der Waals surface area contributed by atoms with Crippen LogP contribution in [0.15, 0.2) is 98.0 Å². The van der Waals surface area contributed by atoms with Crippen LogP contribution >= 0.6 is 31.9 Å². The van der Waals surface area contributed by atoms with Crippen molar-refractivity contribution in [3.8, 4) is 5.88 Å². The largest absolute Gasteiger partial charge is 0.494 e. The molecule has 0 spiro atoms. The van der Waals surface area contributed by atoms with Crippen LogP contribution in [0.5, 0.6) is 5.88 Å². The van der Waals surface area contributed by atoms with Gasteiger partial charge >= 0.3 is 0 Å². The molecule has 0 saturated carbocycles. The fourth-order valence-corrected chi connectivity index (χ4v) is 6.59. The van der Waals surface area contributed by atoms with Gasteiger partial charge in [-0.05, 0) is 67.4 Å². The van der Waals surface area contributed by atoms with E-state index in [0.29, 0.717) is 45.6 Å². The molecular weight excluding hydrogens is 686 g/mol. The zero-order valence-corrected chi connectivity index (χ0v) is 26.7. The van der Waals surface area contributed by atoms with E-state index in [0.717, 1.165) is 42.2 Å². The number of aromatic amines is 1. The van der Waals surface area contributed by atoms with Gasteiger partial charge < -0.3 is 15.4 Å². The lowest BCUT2D eigenvalue weighted by Gasteiger charge is -2.02. The lowest BCUT2D eigenvalue weighted by atomic mass is 10.0. The summed E-state index contributed by atoms with van der Waals surface area (Å²) in [6.45, 7) is 3.98. The zero-order chi connectivity index (χ0) is 30.9. The molecule has 1 aliphatic carbocycles. The number of carbonyl (C=O) groups excluding carboxylic acids is 3. The number of fused-ring (bicyclic) bond motifs is 4. The summed E-state index contributed by atoms with van der Waals surface area (Å²) in [6.07, 6.45) is 0.513. The molecule has 44 heavy (non-hydrogen) atoms. The first kappa shape index (κ1) is 28.2. The summed E-state index contributed by atoms with van der Waals surface area (Å²) >= 11 is 6.78. The standard InChI is InChI=1S/C18H12BrNO2.C17H11BrN2O2/c1-9-2-4-12-10(6-9)7-14(17(12)21)16-18(22)13-5-3-11(19)8-15(13)20-16;1-8-2-4-10-12(6-8)20-17(22)14(10)15-16(21)11-5-3-9(18)7-13(11)19-15/h2-6,8,20H,7H2,1H3;2-7,20,22H,1H3/b16-14-;. The van der Waals surface area contributed by atoms with Gasteiger partial charge in [0, 0.05) is 48.5 Å². The van der Waals surface area contributed by atoms with Crippen molar-refractivity contribution < 1.29 is 19.5 Å². The number of rotatable bonds is 1. The summed E-state index contributed by atoms with van der Waals surface area (Å²) in [4.78, 5) is 45.1. The summed E-state index contributed by atoms with van der Waals surface area (Å²) in [5.41, 5.74) is 8.97. The predicted octanol–water partition coefficient (Wildman–Crippen LogP) is 8.32. The van der Waals surface area contributed by atoms with E-state index in [1.54, 1.807) is 18.2 Å². The Kier molecular flexibility index (Phi) is 6.75. The van der Waals surface area contributed by atoms with Gasteiger partial charge in [-0.2, -0.15) is 0 Å². The van der Waals surface area contributed by atoms with E-state index in [1.165, 1.54) is 0 Å². The molecular formula is C35H23Br2N3O4. The molecule has 0 amide bonds. The molecule has 0 bridgehead atoms. The number of carbonyl (C=O) groups is 3. The highest BCUT2D eigenvalue weighted by Gasteiger charge is 2.34. The Morgan fingerprint density at radius 2 is 1.43 bits per heavy atom. The maximum absolute atomic E-state index is 12.6. The van der Waals surface area contributed by atoms with E-state index < -0.39 is 0 Å². The molecule has 0 atom stereocenters. The van der Waals surface area contributed by atoms with Crippen LogP contribution in [0.2, 0.25) is 0 Å². The Hall–Kier alpha value is -4.60. The van der Waals surface area contributed by atoms with E-state index in [9.17, 15) is 19.5 Å². The molecule has 0 saturated heterocycles. The Bertz CT molecular complexity index is 2120. The summed E-state index contributed by atoms with van der Waals surface area (Å²) in [5.74, 6) is -0.341. The van der Waals surface area contributed by atoms with Crippen LogP contribution in [0, 0.1) is 13.8 Å². The van der Waals surface area contributed by atoms with Crippen LogP contribution in [0.4, 0.5) is 11.4 Å². The smallest absolute Gasteiger partial charge is 0.214 e. The van der Waals surface area contributed by atoms with Gasteiger partial charge in [0.15, 0.2) is 11.7 Å². The van der Waals surface area contributed by atoms with E-state index in [2.05, 4.69) is 47.2 Å². The lowest BCUT2D eigenvalue weighted by molar-refractivity contribution is 0.101. The van der Waals surface area contributed by atoms with E-state index in [-0.39, 0.29) is 28.9 Å². The number of nitrogens with one attached hydrogen (secondary N) is 2. The van der Waals surface area contributed by atoms with Crippen LogP contribution < -0.4 is 5.32 Å². The fraction of sp³-hybridized carbons (Fsp3) is 0.0857. The van der Waals surface area contributed by atoms with Gasteiger partial charge in [-0.3, -0.25) is 14.4 Å². The second kappa shape index (κ2) is 10.5. The number of anilines is 1. The monoisotopic (exact) mass is 707 g/mol. The highest BCUT2D eigenvalue weighted by atomic mass is 79.9. The second-order valence-corrected chi connectivity index (χ2v) is 12.8. The number of Topliss-reactive ketones (excluding diaryl/α,β-unsaturated/α-hetero) is 3. The van der Waals surface area contributed by atoms with Gasteiger partial charge in [0.2, 0.25) is 11.6 Å². The fourth-order valence-electron chi connectivity index (χ4n) is 5.88. The number of nitrogens with zero attached hydrogens (tertiary/aromatic N) is 1. The maximum atomic E-state index is 12.6. The summed E-state index contributed by atoms with van der Waals surface area (Å²) in [7, 11) is 0. The van der Waals surface area contributed by atoms with Crippen LogP contribution in [-0.4, -0.2) is 33.2 Å². The molecule has 9 heteroatoms. The predicted molar refractivity (Wildman–Crippen MR) is 178 cm³/mol. The molecule has 0 unspecified atom stereocenters. The topological polar surface area (TPSA) is 112 Å². The van der Waals surface area contributed by atoms with Crippen molar-refractivity contribution in [2.24, 2.45) is 4.99 Å². The minimum absolute atomic E-state index is 0.0282. The quantitative estimate of drug-likeness (QED) is 0.152. The minimum Gasteiger partial charge on any atom is -0.494 e. The third kappa shape index (κ3) is 4.63. The molecule has 7 nitrogen and oxygen atoms in total.